The maximum atomic E-state index is 14.9. The Bertz CT molecular complexity index is 1870. The maximum Gasteiger partial charge on any atom is 0.387 e. The zero-order chi connectivity index (χ0) is 32.7. The summed E-state index contributed by atoms with van der Waals surface area (Å²) in [6, 6.07) is 15.1. The number of carbonyl (C=O) groups is 2. The average molecular weight is 719 g/mol. The van der Waals surface area contributed by atoms with E-state index in [1.54, 1.807) is 54.3 Å². The highest BCUT2D eigenvalue weighted by atomic mass is 79.9. The number of halogens is 5. The number of nitrogens with zero attached hydrogens (tertiary/aromatic N) is 3. The molecule has 1 atom stereocenters. The van der Waals surface area contributed by atoms with Gasteiger partial charge in [-0.05, 0) is 88.8 Å². The zero-order valence-electron chi connectivity index (χ0n) is 24.5. The first kappa shape index (κ1) is 31.9. The van der Waals surface area contributed by atoms with Crippen molar-refractivity contribution < 1.29 is 32.2 Å². The molecule has 0 unspecified atom stereocenters. The molecule has 0 spiro atoms. The van der Waals surface area contributed by atoms with Gasteiger partial charge >= 0.3 is 12.3 Å². The standard InChI is InChI=1S/C33H28BrClF3N3O5/c1-18(24-10-9-23(16-27(24)36)46-32(37)38)14-29(42)30-28-17-39(31(43)19-2-11-25(34)26(35)15-19)12-13-40(28)33(44)41(30)20-3-5-21(6-4-20)45-22-7-8-22/h2-6,9-11,15-16,18,22,32H,7-8,12-14,17H2,1H3/t18-/m1/s1. The molecule has 1 aliphatic heterocycles. The van der Waals surface area contributed by atoms with Gasteiger partial charge < -0.3 is 14.4 Å². The van der Waals surface area contributed by atoms with Crippen LogP contribution in [0.25, 0.3) is 5.69 Å². The van der Waals surface area contributed by atoms with Crippen LogP contribution in [0.2, 0.25) is 5.02 Å². The first-order valence-electron chi connectivity index (χ1n) is 14.6. The van der Waals surface area contributed by atoms with Gasteiger partial charge in [0, 0.05) is 35.6 Å². The molecular weight excluding hydrogens is 691 g/mol. The number of aromatic nitrogens is 2. The van der Waals surface area contributed by atoms with Crippen molar-refractivity contribution in [3.8, 4) is 17.2 Å². The highest BCUT2D eigenvalue weighted by Crippen LogP contribution is 2.31. The summed E-state index contributed by atoms with van der Waals surface area (Å²) >= 11 is 9.56. The summed E-state index contributed by atoms with van der Waals surface area (Å²) in [7, 11) is 0. The van der Waals surface area contributed by atoms with E-state index in [9.17, 15) is 27.6 Å². The Balaban J connectivity index is 1.35. The fraction of sp³-hybridized carbons (Fsp3) is 0.303. The molecule has 3 aromatic carbocycles. The monoisotopic (exact) mass is 717 g/mol. The number of benzene rings is 3. The van der Waals surface area contributed by atoms with Crippen molar-refractivity contribution in [3.05, 3.63) is 109 Å². The number of amides is 1. The molecule has 4 aromatic rings. The molecule has 1 amide bonds. The van der Waals surface area contributed by atoms with Crippen molar-refractivity contribution in [2.75, 3.05) is 6.54 Å². The number of Topliss-reactive ketones (excluding diaryl/α,β-unsaturated/α-hetero) is 1. The second kappa shape index (κ2) is 13.0. The lowest BCUT2D eigenvalue weighted by molar-refractivity contribution is -0.0500. The molecule has 13 heteroatoms. The van der Waals surface area contributed by atoms with Gasteiger partial charge in [0.15, 0.2) is 5.78 Å². The van der Waals surface area contributed by atoms with Gasteiger partial charge in [-0.15, -0.1) is 0 Å². The van der Waals surface area contributed by atoms with Gasteiger partial charge in [0.25, 0.3) is 5.91 Å². The molecule has 2 heterocycles. The Morgan fingerprint density at radius 2 is 1.74 bits per heavy atom. The van der Waals surface area contributed by atoms with Gasteiger partial charge in [-0.25, -0.2) is 9.18 Å². The second-order valence-corrected chi connectivity index (χ2v) is 12.6. The number of fused-ring (bicyclic) bond motifs is 1. The van der Waals surface area contributed by atoms with Gasteiger partial charge in [0.1, 0.15) is 23.0 Å². The van der Waals surface area contributed by atoms with Crippen molar-refractivity contribution in [1.82, 2.24) is 14.0 Å². The lowest BCUT2D eigenvalue weighted by atomic mass is 9.93. The molecule has 2 aliphatic rings. The fourth-order valence-corrected chi connectivity index (χ4v) is 6.02. The summed E-state index contributed by atoms with van der Waals surface area (Å²) in [6.45, 7) is -1.13. The van der Waals surface area contributed by atoms with Crippen LogP contribution in [-0.2, 0) is 13.1 Å². The van der Waals surface area contributed by atoms with Crippen molar-refractivity contribution in [3.63, 3.8) is 0 Å². The lowest BCUT2D eigenvalue weighted by Gasteiger charge is -2.28. The van der Waals surface area contributed by atoms with Crippen LogP contribution in [0.15, 0.2) is 69.9 Å². The van der Waals surface area contributed by atoms with E-state index < -0.39 is 29.8 Å². The van der Waals surface area contributed by atoms with Crippen LogP contribution in [0.3, 0.4) is 0 Å². The highest BCUT2D eigenvalue weighted by molar-refractivity contribution is 9.10. The largest absolute Gasteiger partial charge is 0.490 e. The molecule has 46 heavy (non-hydrogen) atoms. The van der Waals surface area contributed by atoms with E-state index >= 15 is 0 Å². The predicted octanol–water partition coefficient (Wildman–Crippen LogP) is 7.37. The van der Waals surface area contributed by atoms with Gasteiger partial charge in [-0.2, -0.15) is 8.78 Å². The Kier molecular flexibility index (Phi) is 9.02. The number of carbonyl (C=O) groups excluding carboxylic acids is 2. The molecule has 0 saturated heterocycles. The number of ether oxygens (including phenoxy) is 2. The first-order valence-corrected chi connectivity index (χ1v) is 15.8. The molecule has 1 aromatic heterocycles. The Labute approximate surface area is 275 Å². The number of ketones is 1. The third-order valence-corrected chi connectivity index (χ3v) is 9.27. The van der Waals surface area contributed by atoms with Gasteiger partial charge in [0.2, 0.25) is 0 Å². The first-order chi connectivity index (χ1) is 22.0. The minimum Gasteiger partial charge on any atom is -0.490 e. The minimum atomic E-state index is -3.11. The molecule has 1 aliphatic carbocycles. The van der Waals surface area contributed by atoms with Gasteiger partial charge in [-0.1, -0.05) is 24.6 Å². The lowest BCUT2D eigenvalue weighted by Crippen LogP contribution is -2.41. The van der Waals surface area contributed by atoms with E-state index in [1.807, 2.05) is 0 Å². The summed E-state index contributed by atoms with van der Waals surface area (Å²) in [5.41, 5.74) is 0.901. The highest BCUT2D eigenvalue weighted by Gasteiger charge is 2.33. The second-order valence-electron chi connectivity index (χ2n) is 11.3. The summed E-state index contributed by atoms with van der Waals surface area (Å²) in [5.74, 6) is -1.95. The smallest absolute Gasteiger partial charge is 0.387 e. The summed E-state index contributed by atoms with van der Waals surface area (Å²) in [4.78, 5) is 43.0. The number of hydrogen-bond donors (Lipinski definition) is 0. The molecule has 0 radical (unpaired) electrons. The third kappa shape index (κ3) is 6.59. The summed E-state index contributed by atoms with van der Waals surface area (Å²) in [6.07, 6.45) is 1.93. The topological polar surface area (TPSA) is 82.8 Å². The van der Waals surface area contributed by atoms with Crippen LogP contribution < -0.4 is 15.2 Å². The van der Waals surface area contributed by atoms with Crippen LogP contribution >= 0.6 is 27.5 Å². The average Bonchev–Trinajstić information content (AvgIpc) is 3.79. The van der Waals surface area contributed by atoms with E-state index in [-0.39, 0.29) is 55.1 Å². The van der Waals surface area contributed by atoms with Crippen LogP contribution in [0.1, 0.15) is 64.2 Å². The fourth-order valence-electron chi connectivity index (χ4n) is 5.59. The molecule has 0 bridgehead atoms. The number of imidazole rings is 1. The number of hydrogen-bond acceptors (Lipinski definition) is 5. The quantitative estimate of drug-likeness (QED) is 0.160. The molecule has 0 N–H and O–H groups in total. The number of rotatable bonds is 10. The Hall–Kier alpha value is -4.03. The molecule has 6 rings (SSSR count). The van der Waals surface area contributed by atoms with Crippen molar-refractivity contribution in [1.29, 1.82) is 0 Å². The zero-order valence-corrected chi connectivity index (χ0v) is 26.9. The van der Waals surface area contributed by atoms with Crippen LogP contribution in [-0.4, -0.2) is 45.0 Å². The normalized spacial score (nSPS) is 15.1. The molecule has 8 nitrogen and oxygen atoms in total. The van der Waals surface area contributed by atoms with E-state index in [0.717, 1.165) is 18.9 Å². The van der Waals surface area contributed by atoms with Crippen LogP contribution in [0.5, 0.6) is 11.5 Å². The maximum absolute atomic E-state index is 14.9. The van der Waals surface area contributed by atoms with Crippen LogP contribution in [0, 0.1) is 5.82 Å². The van der Waals surface area contributed by atoms with Crippen LogP contribution in [0.4, 0.5) is 13.2 Å². The minimum absolute atomic E-state index is 0.0267. The molecular formula is C33H28BrClF3N3O5. The van der Waals surface area contributed by atoms with Gasteiger partial charge in [-0.3, -0.25) is 18.7 Å². The van der Waals surface area contributed by atoms with E-state index in [0.29, 0.717) is 32.2 Å². The molecule has 240 valence electrons. The van der Waals surface area contributed by atoms with E-state index in [2.05, 4.69) is 20.7 Å². The van der Waals surface area contributed by atoms with E-state index in [4.69, 9.17) is 16.3 Å². The van der Waals surface area contributed by atoms with Crippen molar-refractivity contribution in [2.45, 2.75) is 57.9 Å². The van der Waals surface area contributed by atoms with E-state index in [1.165, 1.54) is 21.3 Å². The Morgan fingerprint density at radius 3 is 2.39 bits per heavy atom. The third-order valence-electron chi connectivity index (χ3n) is 8.04. The van der Waals surface area contributed by atoms with Crippen molar-refractivity contribution >= 4 is 39.2 Å². The summed E-state index contributed by atoms with van der Waals surface area (Å²) < 4.78 is 53.8. The SMILES string of the molecule is C[C@H](CC(=O)c1c2n(c(=O)n1-c1ccc(OC3CC3)cc1)CCN(C(=O)c1ccc(Br)c(Cl)c1)C2)c1ccc(OC(F)F)cc1F. The predicted molar refractivity (Wildman–Crippen MR) is 168 cm³/mol. The summed E-state index contributed by atoms with van der Waals surface area (Å²) in [5, 5.41) is 0.367. The molecule has 1 fully saturated rings. The van der Waals surface area contributed by atoms with Gasteiger partial charge in [0.05, 0.1) is 29.1 Å². The Morgan fingerprint density at radius 1 is 1.02 bits per heavy atom. The van der Waals surface area contributed by atoms with Crippen molar-refractivity contribution in [2.24, 2.45) is 0 Å². The molecule has 1 saturated carbocycles. The number of alkyl halides is 2.